The van der Waals surface area contributed by atoms with Crippen molar-refractivity contribution in [3.8, 4) is 0 Å². The molecule has 42 valence electrons. The Hall–Kier alpha value is -0.220. The number of amides is 2. The fraction of sp³-hybridized carbons (Fsp3) is 0. The molecule has 0 aliphatic carbocycles. The third-order valence-corrected chi connectivity index (χ3v) is 0.541. The van der Waals surface area contributed by atoms with Crippen molar-refractivity contribution in [1.29, 1.82) is 0 Å². The van der Waals surface area contributed by atoms with Gasteiger partial charge in [0.2, 0.25) is 0 Å². The average Bonchev–Trinajstić information content (AvgIpc) is 1.65. The van der Waals surface area contributed by atoms with Crippen LogP contribution < -0.4 is 5.54 Å². The van der Waals surface area contributed by atoms with Crippen molar-refractivity contribution in [3.05, 3.63) is 0 Å². The van der Waals surface area contributed by atoms with Crippen LogP contribution in [-0.4, -0.2) is 9.97 Å². The summed E-state index contributed by atoms with van der Waals surface area (Å²) >= 11 is 9.35. The van der Waals surface area contributed by atoms with E-state index < -0.39 is 6.03 Å². The lowest BCUT2D eigenvalue weighted by molar-refractivity contribution is 0.212. The Kier molecular flexibility index (Phi) is 2.78. The maximum absolute atomic E-state index is 10.8. The number of nitrogens with one attached hydrogen (secondary N) is 1. The SMILES string of the molecule is O=C(NF)N(Cl)Cl. The van der Waals surface area contributed by atoms with Crippen molar-refractivity contribution in [2.24, 2.45) is 0 Å². The van der Waals surface area contributed by atoms with Gasteiger partial charge in [0.15, 0.2) is 0 Å². The van der Waals surface area contributed by atoms with Gasteiger partial charge in [-0.1, -0.05) is 4.48 Å². The number of rotatable bonds is 0. The number of carbonyl (C=O) groups is 1. The van der Waals surface area contributed by atoms with Crippen LogP contribution >= 0.6 is 23.6 Å². The summed E-state index contributed by atoms with van der Waals surface area (Å²) < 4.78 is 10.9. The highest BCUT2D eigenvalue weighted by Crippen LogP contribution is 1.97. The van der Waals surface area contributed by atoms with E-state index in [0.717, 1.165) is 0 Å². The monoisotopic (exact) mass is 146 g/mol. The topological polar surface area (TPSA) is 32.3 Å². The van der Waals surface area contributed by atoms with Gasteiger partial charge >= 0.3 is 6.03 Å². The normalized spacial score (nSPS) is 7.86. The summed E-state index contributed by atoms with van der Waals surface area (Å²) in [6.45, 7) is 0. The fourth-order valence-electron chi connectivity index (χ4n) is 0.0319. The van der Waals surface area contributed by atoms with Crippen LogP contribution in [0.15, 0.2) is 0 Å². The van der Waals surface area contributed by atoms with Crippen molar-refractivity contribution in [1.82, 2.24) is 9.48 Å². The molecule has 0 aliphatic heterocycles. The molecule has 0 bridgehead atoms. The van der Waals surface area contributed by atoms with E-state index in [4.69, 9.17) is 0 Å². The van der Waals surface area contributed by atoms with Gasteiger partial charge in [-0.15, -0.1) is 3.94 Å². The molecule has 0 unspecified atom stereocenters. The molecule has 0 saturated carbocycles. The highest BCUT2D eigenvalue weighted by molar-refractivity contribution is 6.41. The second kappa shape index (κ2) is 2.87. The molecule has 0 radical (unpaired) electrons. The first-order chi connectivity index (χ1) is 3.18. The third-order valence-electron chi connectivity index (χ3n) is 0.234. The number of halogens is 3. The number of hydrogen-bond acceptors (Lipinski definition) is 1. The molecule has 0 aromatic carbocycles. The zero-order valence-electron chi connectivity index (χ0n) is 2.99. The van der Waals surface area contributed by atoms with E-state index in [0.29, 0.717) is 5.54 Å². The molecule has 0 fully saturated rings. The van der Waals surface area contributed by atoms with Crippen molar-refractivity contribution in [3.63, 3.8) is 0 Å². The van der Waals surface area contributed by atoms with Gasteiger partial charge in [0.25, 0.3) is 0 Å². The standard InChI is InChI=1S/CHCl2FN2O/c2-6(3)1(7)5-4/h(H,5,7). The summed E-state index contributed by atoms with van der Waals surface area (Å²) in [6.07, 6.45) is 0. The maximum atomic E-state index is 10.8. The first-order valence-corrected chi connectivity index (χ1v) is 1.88. The van der Waals surface area contributed by atoms with Crippen LogP contribution in [0.3, 0.4) is 0 Å². The van der Waals surface area contributed by atoms with Crippen molar-refractivity contribution in [2.45, 2.75) is 0 Å². The second-order valence-electron chi connectivity index (χ2n) is 0.633. The Labute approximate surface area is 49.1 Å². The van der Waals surface area contributed by atoms with E-state index in [-0.39, 0.29) is 3.94 Å². The first-order valence-electron chi connectivity index (χ1n) is 1.20. The van der Waals surface area contributed by atoms with Gasteiger partial charge in [-0.25, -0.2) is 4.79 Å². The van der Waals surface area contributed by atoms with Gasteiger partial charge in [-0.2, -0.15) is 5.54 Å². The molecule has 0 aromatic heterocycles. The quantitative estimate of drug-likeness (QED) is 0.512. The molecule has 0 spiro atoms. The zero-order chi connectivity index (χ0) is 5.86. The average molecular weight is 147 g/mol. The van der Waals surface area contributed by atoms with Crippen molar-refractivity contribution >= 4 is 29.6 Å². The molecule has 3 nitrogen and oxygen atoms in total. The molecule has 0 saturated heterocycles. The first kappa shape index (κ1) is 6.78. The highest BCUT2D eigenvalue weighted by atomic mass is 35.5. The van der Waals surface area contributed by atoms with E-state index in [1.165, 1.54) is 0 Å². The van der Waals surface area contributed by atoms with Crippen LogP contribution in [0.2, 0.25) is 0 Å². The molecule has 0 rings (SSSR count). The van der Waals surface area contributed by atoms with Crippen LogP contribution in [0.1, 0.15) is 0 Å². The van der Waals surface area contributed by atoms with Crippen LogP contribution in [0, 0.1) is 0 Å². The van der Waals surface area contributed by atoms with E-state index in [1.54, 1.807) is 0 Å². The fourth-order valence-corrected chi connectivity index (χ4v) is 0.0958. The van der Waals surface area contributed by atoms with Gasteiger partial charge in [0.1, 0.15) is 0 Å². The Morgan fingerprint density at radius 1 is 1.71 bits per heavy atom. The summed E-state index contributed by atoms with van der Waals surface area (Å²) in [6, 6.07) is -1.21. The maximum Gasteiger partial charge on any atom is 0.375 e. The summed E-state index contributed by atoms with van der Waals surface area (Å²) in [7, 11) is 0. The number of carbonyl (C=O) groups excluding carboxylic acids is 1. The highest BCUT2D eigenvalue weighted by Gasteiger charge is 2.03. The van der Waals surface area contributed by atoms with Gasteiger partial charge in [0, 0.05) is 23.6 Å². The molecule has 0 aromatic rings. The number of hydrogen-bond donors (Lipinski definition) is 1. The number of urea groups is 1. The summed E-state index contributed by atoms with van der Waals surface area (Å²) in [4.78, 5) is 9.69. The lowest BCUT2D eigenvalue weighted by Crippen LogP contribution is -2.20. The largest absolute Gasteiger partial charge is 0.375 e. The molecular weight excluding hydrogens is 146 g/mol. The van der Waals surface area contributed by atoms with E-state index in [1.807, 2.05) is 0 Å². The molecule has 0 heterocycles. The Balaban J connectivity index is 3.35. The van der Waals surface area contributed by atoms with Crippen LogP contribution in [-0.2, 0) is 0 Å². The van der Waals surface area contributed by atoms with Gasteiger partial charge < -0.3 is 0 Å². The Bertz CT molecular complexity index is 76.1. The molecule has 7 heavy (non-hydrogen) atoms. The van der Waals surface area contributed by atoms with Gasteiger partial charge in [-0.05, 0) is 0 Å². The smallest absolute Gasteiger partial charge is 0.243 e. The predicted octanol–water partition coefficient (Wildman–Crippen LogP) is 1.19. The second-order valence-corrected chi connectivity index (χ2v) is 1.48. The minimum atomic E-state index is -1.21. The molecule has 0 atom stereocenters. The van der Waals surface area contributed by atoms with E-state index >= 15 is 0 Å². The lowest BCUT2D eigenvalue weighted by atomic mass is 11.2. The predicted molar refractivity (Wildman–Crippen MR) is 23.2 cm³/mol. The summed E-state index contributed by atoms with van der Waals surface area (Å²) in [5, 5.41) is 0. The summed E-state index contributed by atoms with van der Waals surface area (Å²) in [5.41, 5.74) is 0.688. The molecule has 6 heteroatoms. The third kappa shape index (κ3) is 2.47. The van der Waals surface area contributed by atoms with Crippen molar-refractivity contribution < 1.29 is 9.28 Å². The van der Waals surface area contributed by atoms with Crippen LogP contribution in [0.25, 0.3) is 0 Å². The van der Waals surface area contributed by atoms with Crippen LogP contribution in [0.5, 0.6) is 0 Å². The Morgan fingerprint density at radius 3 is 2.14 bits per heavy atom. The lowest BCUT2D eigenvalue weighted by Gasteiger charge is -1.95. The molecule has 0 aliphatic rings. The molecule has 2 amide bonds. The molecule has 1 N–H and O–H groups in total. The minimum Gasteiger partial charge on any atom is -0.243 e. The van der Waals surface area contributed by atoms with E-state index in [2.05, 4.69) is 23.6 Å². The van der Waals surface area contributed by atoms with Crippen LogP contribution in [0.4, 0.5) is 9.28 Å². The molecular formula is CHCl2FN2O. The minimum absolute atomic E-state index is 0.0417. The number of nitrogens with zero attached hydrogens (tertiary/aromatic N) is 1. The Morgan fingerprint density at radius 2 is 2.14 bits per heavy atom. The van der Waals surface area contributed by atoms with Crippen molar-refractivity contribution in [2.75, 3.05) is 0 Å². The van der Waals surface area contributed by atoms with Gasteiger partial charge in [-0.3, -0.25) is 0 Å². The summed E-state index contributed by atoms with van der Waals surface area (Å²) in [5.74, 6) is 0. The zero-order valence-corrected chi connectivity index (χ0v) is 4.50. The van der Waals surface area contributed by atoms with E-state index in [9.17, 15) is 9.28 Å². The van der Waals surface area contributed by atoms with Gasteiger partial charge in [0.05, 0.1) is 0 Å².